The minimum absolute atomic E-state index is 0.0161. The van der Waals surface area contributed by atoms with Gasteiger partial charge >= 0.3 is 5.97 Å². The maximum Gasteiger partial charge on any atom is 0.337 e. The Bertz CT molecular complexity index is 909. The summed E-state index contributed by atoms with van der Waals surface area (Å²) in [5, 5.41) is 9.62. The zero-order valence-electron chi connectivity index (χ0n) is 13.5. The van der Waals surface area contributed by atoms with Crippen molar-refractivity contribution in [3.63, 3.8) is 0 Å². The lowest BCUT2D eigenvalue weighted by molar-refractivity contribution is 0.0600. The highest BCUT2D eigenvalue weighted by Crippen LogP contribution is 2.21. The van der Waals surface area contributed by atoms with E-state index < -0.39 is 5.97 Å². The molecular weight excluding hydrogens is 310 g/mol. The van der Waals surface area contributed by atoms with E-state index in [1.54, 1.807) is 29.1 Å². The van der Waals surface area contributed by atoms with Gasteiger partial charge in [0.05, 0.1) is 29.9 Å². The second-order valence-corrected chi connectivity index (χ2v) is 5.57. The molecule has 0 radical (unpaired) electrons. The number of methoxy groups -OCH3 is 1. The summed E-state index contributed by atoms with van der Waals surface area (Å²) in [7, 11) is 1.33. The molecule has 3 aromatic rings. The smallest absolute Gasteiger partial charge is 0.337 e. The predicted octanol–water partition coefficient (Wildman–Crippen LogP) is 1.67. The van der Waals surface area contributed by atoms with Crippen molar-refractivity contribution in [3.8, 4) is 5.82 Å². The van der Waals surface area contributed by atoms with Crippen LogP contribution in [0.3, 0.4) is 0 Å². The van der Waals surface area contributed by atoms with Crippen molar-refractivity contribution >= 4 is 22.9 Å². The Morgan fingerprint density at radius 2 is 2.12 bits per heavy atom. The van der Waals surface area contributed by atoms with Gasteiger partial charge < -0.3 is 10.1 Å². The third-order valence-electron chi connectivity index (χ3n) is 3.49. The molecule has 0 fully saturated rings. The van der Waals surface area contributed by atoms with E-state index in [0.29, 0.717) is 22.5 Å². The monoisotopic (exact) mass is 327 g/mol. The Morgan fingerprint density at radius 3 is 2.83 bits per heavy atom. The maximum atomic E-state index is 12.3. The number of hydrogen-bond acceptors (Lipinski definition) is 5. The van der Waals surface area contributed by atoms with Gasteiger partial charge in [0, 0.05) is 6.04 Å². The van der Waals surface area contributed by atoms with E-state index in [1.165, 1.54) is 13.3 Å². The van der Waals surface area contributed by atoms with E-state index in [0.717, 1.165) is 5.52 Å². The molecule has 0 spiro atoms. The molecule has 0 saturated heterocycles. The number of amides is 1. The van der Waals surface area contributed by atoms with Gasteiger partial charge in [-0.05, 0) is 32.0 Å². The highest BCUT2D eigenvalue weighted by Gasteiger charge is 2.18. The molecule has 1 aromatic carbocycles. The number of carbonyl (C=O) groups excluding carboxylic acids is 2. The third kappa shape index (κ3) is 2.73. The number of imidazole rings is 1. The molecule has 8 nitrogen and oxygen atoms in total. The molecule has 0 aliphatic rings. The summed E-state index contributed by atoms with van der Waals surface area (Å²) in [5.74, 6) is -0.131. The van der Waals surface area contributed by atoms with Crippen molar-refractivity contribution in [2.24, 2.45) is 0 Å². The zero-order valence-corrected chi connectivity index (χ0v) is 13.5. The highest BCUT2D eigenvalue weighted by atomic mass is 16.5. The summed E-state index contributed by atoms with van der Waals surface area (Å²) in [4.78, 5) is 28.2. The molecule has 3 rings (SSSR count). The quantitative estimate of drug-likeness (QED) is 0.710. The first-order chi connectivity index (χ1) is 11.5. The summed E-state index contributed by atoms with van der Waals surface area (Å²) in [6, 6.07) is 5.06. The van der Waals surface area contributed by atoms with E-state index >= 15 is 0 Å². The summed E-state index contributed by atoms with van der Waals surface area (Å²) in [6.45, 7) is 3.78. The normalized spacial score (nSPS) is 11.0. The number of aromatic nitrogens is 4. The van der Waals surface area contributed by atoms with Crippen LogP contribution >= 0.6 is 0 Å². The SMILES string of the molecule is COC(=O)c1ccc2c(c1)ncn2-c1[nH]ncc1C(=O)NC(C)C. The molecular formula is C16H17N5O3. The van der Waals surface area contributed by atoms with Gasteiger partial charge in [-0.1, -0.05) is 0 Å². The topological polar surface area (TPSA) is 102 Å². The number of nitrogens with one attached hydrogen (secondary N) is 2. The minimum atomic E-state index is -0.426. The van der Waals surface area contributed by atoms with Crippen molar-refractivity contribution in [2.45, 2.75) is 19.9 Å². The average molecular weight is 327 g/mol. The van der Waals surface area contributed by atoms with Crippen LogP contribution in [0.25, 0.3) is 16.9 Å². The van der Waals surface area contributed by atoms with Crippen molar-refractivity contribution in [1.82, 2.24) is 25.1 Å². The lowest BCUT2D eigenvalue weighted by atomic mass is 10.2. The molecule has 0 bridgehead atoms. The summed E-state index contributed by atoms with van der Waals surface area (Å²) in [6.07, 6.45) is 3.05. The first kappa shape index (κ1) is 15.7. The molecule has 0 aliphatic carbocycles. The van der Waals surface area contributed by atoms with Crippen molar-refractivity contribution in [1.29, 1.82) is 0 Å². The molecule has 1 amide bonds. The Balaban J connectivity index is 2.04. The molecule has 0 aliphatic heterocycles. The van der Waals surface area contributed by atoms with Crippen LogP contribution < -0.4 is 5.32 Å². The average Bonchev–Trinajstić information content (AvgIpc) is 3.18. The van der Waals surface area contributed by atoms with E-state index in [4.69, 9.17) is 4.74 Å². The first-order valence-electron chi connectivity index (χ1n) is 7.41. The maximum absolute atomic E-state index is 12.3. The molecule has 8 heteroatoms. The minimum Gasteiger partial charge on any atom is -0.465 e. The van der Waals surface area contributed by atoms with Crippen LogP contribution in [0.15, 0.2) is 30.7 Å². The number of fused-ring (bicyclic) bond motifs is 1. The Labute approximate surface area is 137 Å². The number of esters is 1. The van der Waals surface area contributed by atoms with Gasteiger partial charge in [0.2, 0.25) is 0 Å². The summed E-state index contributed by atoms with van der Waals surface area (Å²) in [5.41, 5.74) is 2.19. The molecule has 2 aromatic heterocycles. The number of rotatable bonds is 4. The number of carbonyl (C=O) groups is 2. The van der Waals surface area contributed by atoms with Crippen molar-refractivity contribution in [3.05, 3.63) is 41.9 Å². The Morgan fingerprint density at radius 1 is 1.33 bits per heavy atom. The van der Waals surface area contributed by atoms with E-state index in [1.807, 2.05) is 13.8 Å². The van der Waals surface area contributed by atoms with E-state index in [2.05, 4.69) is 20.5 Å². The molecule has 0 saturated carbocycles. The van der Waals surface area contributed by atoms with Gasteiger partial charge in [-0.3, -0.25) is 14.5 Å². The fourth-order valence-electron chi connectivity index (χ4n) is 2.40. The lowest BCUT2D eigenvalue weighted by Crippen LogP contribution is -2.30. The third-order valence-corrected chi connectivity index (χ3v) is 3.49. The van der Waals surface area contributed by atoms with Crippen LogP contribution in [-0.2, 0) is 4.74 Å². The van der Waals surface area contributed by atoms with Crippen LogP contribution in [0.4, 0.5) is 0 Å². The fourth-order valence-corrected chi connectivity index (χ4v) is 2.40. The van der Waals surface area contributed by atoms with E-state index in [9.17, 15) is 9.59 Å². The molecule has 0 atom stereocenters. The van der Waals surface area contributed by atoms with Crippen LogP contribution in [-0.4, -0.2) is 44.8 Å². The van der Waals surface area contributed by atoms with Gasteiger partial charge in [-0.15, -0.1) is 0 Å². The second kappa shape index (κ2) is 6.15. The lowest BCUT2D eigenvalue weighted by Gasteiger charge is -2.09. The predicted molar refractivity (Wildman–Crippen MR) is 87.2 cm³/mol. The van der Waals surface area contributed by atoms with E-state index in [-0.39, 0.29) is 11.9 Å². The Hall–Kier alpha value is -3.16. The number of H-pyrrole nitrogens is 1. The number of benzene rings is 1. The van der Waals surface area contributed by atoms with Gasteiger partial charge in [-0.2, -0.15) is 5.10 Å². The standard InChI is InChI=1S/C16H17N5O3/c1-9(2)19-15(22)11-7-18-20-14(11)21-8-17-12-6-10(16(23)24-3)4-5-13(12)21/h4-9H,1-3H3,(H,18,20)(H,19,22). The Kier molecular flexibility index (Phi) is 4.03. The van der Waals surface area contributed by atoms with Crippen molar-refractivity contribution < 1.29 is 14.3 Å². The van der Waals surface area contributed by atoms with Gasteiger partial charge in [0.15, 0.2) is 0 Å². The molecule has 2 N–H and O–H groups in total. The molecule has 0 unspecified atom stereocenters. The number of ether oxygens (including phenoxy) is 1. The second-order valence-electron chi connectivity index (χ2n) is 5.57. The number of nitrogens with zero attached hydrogens (tertiary/aromatic N) is 3. The molecule has 24 heavy (non-hydrogen) atoms. The van der Waals surface area contributed by atoms with Crippen LogP contribution in [0.2, 0.25) is 0 Å². The molecule has 124 valence electrons. The fraction of sp³-hybridized carbons (Fsp3) is 0.250. The summed E-state index contributed by atoms with van der Waals surface area (Å²) >= 11 is 0. The number of aromatic amines is 1. The van der Waals surface area contributed by atoms with Gasteiger partial charge in [0.1, 0.15) is 17.7 Å². The van der Waals surface area contributed by atoms with Crippen LogP contribution in [0, 0.1) is 0 Å². The first-order valence-corrected chi connectivity index (χ1v) is 7.41. The molecule has 2 heterocycles. The van der Waals surface area contributed by atoms with Gasteiger partial charge in [0.25, 0.3) is 5.91 Å². The number of hydrogen-bond donors (Lipinski definition) is 2. The van der Waals surface area contributed by atoms with Gasteiger partial charge in [-0.25, -0.2) is 9.78 Å². The largest absolute Gasteiger partial charge is 0.465 e. The highest BCUT2D eigenvalue weighted by molar-refractivity contribution is 5.98. The van der Waals surface area contributed by atoms with Crippen LogP contribution in [0.1, 0.15) is 34.6 Å². The van der Waals surface area contributed by atoms with Crippen molar-refractivity contribution in [2.75, 3.05) is 7.11 Å². The van der Waals surface area contributed by atoms with Crippen LogP contribution in [0.5, 0.6) is 0 Å². The summed E-state index contributed by atoms with van der Waals surface area (Å²) < 4.78 is 6.43. The zero-order chi connectivity index (χ0) is 17.3.